The fraction of sp³-hybridized carbons (Fsp3) is 0.697. The van der Waals surface area contributed by atoms with Crippen molar-refractivity contribution in [1.29, 1.82) is 0 Å². The van der Waals surface area contributed by atoms with E-state index in [4.69, 9.17) is 0 Å². The Labute approximate surface area is 227 Å². The lowest BCUT2D eigenvalue weighted by Crippen LogP contribution is -2.60. The molecule has 4 unspecified atom stereocenters. The summed E-state index contributed by atoms with van der Waals surface area (Å²) in [4.78, 5) is 28.5. The van der Waals surface area contributed by atoms with E-state index in [1.807, 2.05) is 0 Å². The van der Waals surface area contributed by atoms with Crippen molar-refractivity contribution in [3.63, 3.8) is 0 Å². The summed E-state index contributed by atoms with van der Waals surface area (Å²) in [5.74, 6) is 0.953. The number of ketones is 2. The van der Waals surface area contributed by atoms with Crippen LogP contribution >= 0.6 is 0 Å². The predicted molar refractivity (Wildman–Crippen MR) is 148 cm³/mol. The second-order valence-electron chi connectivity index (χ2n) is 13.7. The summed E-state index contributed by atoms with van der Waals surface area (Å²) in [6.45, 7) is 8.03. The number of allylic oxidation sites excluding steroid dienone is 8. The van der Waals surface area contributed by atoms with E-state index in [1.165, 1.54) is 5.57 Å². The van der Waals surface area contributed by atoms with Crippen molar-refractivity contribution in [1.82, 2.24) is 4.90 Å². The summed E-state index contributed by atoms with van der Waals surface area (Å²) in [7, 11) is 0. The van der Waals surface area contributed by atoms with Crippen LogP contribution < -0.4 is 0 Å². The third-order valence-electron chi connectivity index (χ3n) is 12.3. The van der Waals surface area contributed by atoms with Gasteiger partial charge in [-0.1, -0.05) is 49.3 Å². The average molecular weight is 520 g/mol. The highest BCUT2D eigenvalue weighted by molar-refractivity contribution is 6.01. The molecule has 2 N–H and O–H groups in total. The van der Waals surface area contributed by atoms with Gasteiger partial charge in [0, 0.05) is 23.9 Å². The Kier molecular flexibility index (Phi) is 6.52. The number of likely N-dealkylation sites (tertiary alicyclic amines) is 1. The van der Waals surface area contributed by atoms with E-state index < -0.39 is 18.1 Å². The predicted octanol–water partition coefficient (Wildman–Crippen LogP) is 4.80. The van der Waals surface area contributed by atoms with Crippen molar-refractivity contribution >= 4 is 11.6 Å². The minimum Gasteiger partial charge on any atom is -0.393 e. The molecule has 5 aliphatic carbocycles. The Morgan fingerprint density at radius 2 is 2.03 bits per heavy atom. The first-order chi connectivity index (χ1) is 18.2. The molecule has 1 aliphatic heterocycles. The van der Waals surface area contributed by atoms with Crippen LogP contribution in [-0.2, 0) is 9.59 Å². The molecule has 5 nitrogen and oxygen atoms in total. The quantitative estimate of drug-likeness (QED) is 0.527. The Hall–Kier alpha value is -1.82. The molecule has 1 heterocycles. The molecule has 0 amide bonds. The van der Waals surface area contributed by atoms with Crippen LogP contribution in [0.1, 0.15) is 72.1 Å². The standard InChI is InChI=1S/C33H45NO4/c1-21-26-17-27-25-12-11-23-16-24(36)13-14-31(23,2)30(25)28(37)18-32(27,3)33(26,29(38)19-35)20-34(21)15-7-10-22-8-5-4-6-9-22/h4-5,8,13-14,16,21,25-28,30,35,37H,6-7,9-12,15,17-20H2,1-3H3/t21?,25-,26-,27?,28?,30?,31-,32-,33+/m0/s1. The molecule has 0 aromatic heterocycles. The van der Waals surface area contributed by atoms with Gasteiger partial charge in [-0.3, -0.25) is 14.5 Å². The second kappa shape index (κ2) is 9.38. The summed E-state index contributed by atoms with van der Waals surface area (Å²) in [6.07, 6.45) is 19.6. The lowest BCUT2D eigenvalue weighted by atomic mass is 9.44. The van der Waals surface area contributed by atoms with E-state index in [0.29, 0.717) is 24.8 Å². The summed E-state index contributed by atoms with van der Waals surface area (Å²) < 4.78 is 0. The first kappa shape index (κ1) is 26.4. The van der Waals surface area contributed by atoms with Gasteiger partial charge in [0.2, 0.25) is 0 Å². The summed E-state index contributed by atoms with van der Waals surface area (Å²) in [5, 5.41) is 22.1. The Bertz CT molecular complexity index is 1130. The first-order valence-electron chi connectivity index (χ1n) is 15.0. The first-order valence-corrected chi connectivity index (χ1v) is 15.0. The normalized spacial score (nSPS) is 45.7. The summed E-state index contributed by atoms with van der Waals surface area (Å²) in [5.41, 5.74) is 1.43. The summed E-state index contributed by atoms with van der Waals surface area (Å²) >= 11 is 0. The fourth-order valence-corrected chi connectivity index (χ4v) is 10.6. The molecular weight excluding hydrogens is 474 g/mol. The molecule has 38 heavy (non-hydrogen) atoms. The molecule has 4 fully saturated rings. The molecule has 0 spiro atoms. The highest BCUT2D eigenvalue weighted by Crippen LogP contribution is 2.73. The number of hydrogen-bond acceptors (Lipinski definition) is 5. The van der Waals surface area contributed by atoms with Crippen LogP contribution in [0, 0.1) is 39.9 Å². The number of nitrogens with zero attached hydrogens (tertiary/aromatic N) is 1. The van der Waals surface area contributed by atoms with Gasteiger partial charge in [0.25, 0.3) is 0 Å². The number of rotatable bonds is 6. The molecule has 206 valence electrons. The van der Waals surface area contributed by atoms with Gasteiger partial charge in [0.1, 0.15) is 6.61 Å². The molecular formula is C33H45NO4. The smallest absolute Gasteiger partial charge is 0.178 e. The summed E-state index contributed by atoms with van der Waals surface area (Å²) in [6, 6.07) is 0.283. The van der Waals surface area contributed by atoms with Crippen LogP contribution in [0.15, 0.2) is 47.6 Å². The minimum absolute atomic E-state index is 0.0154. The van der Waals surface area contributed by atoms with Crippen molar-refractivity contribution in [3.8, 4) is 0 Å². The van der Waals surface area contributed by atoms with Gasteiger partial charge in [-0.25, -0.2) is 0 Å². The lowest BCUT2D eigenvalue weighted by molar-refractivity contribution is -0.159. The van der Waals surface area contributed by atoms with Crippen LogP contribution in [0.2, 0.25) is 0 Å². The molecule has 6 aliphatic rings. The number of hydrogen-bond donors (Lipinski definition) is 2. The largest absolute Gasteiger partial charge is 0.393 e. The molecule has 9 atom stereocenters. The van der Waals surface area contributed by atoms with E-state index >= 15 is 0 Å². The van der Waals surface area contributed by atoms with E-state index in [0.717, 1.165) is 57.1 Å². The van der Waals surface area contributed by atoms with Gasteiger partial charge < -0.3 is 10.2 Å². The van der Waals surface area contributed by atoms with Crippen molar-refractivity contribution in [2.75, 3.05) is 19.7 Å². The van der Waals surface area contributed by atoms with Crippen molar-refractivity contribution < 1.29 is 19.8 Å². The van der Waals surface area contributed by atoms with Crippen LogP contribution in [0.3, 0.4) is 0 Å². The monoisotopic (exact) mass is 519 g/mol. The Morgan fingerprint density at radius 1 is 1.21 bits per heavy atom. The van der Waals surface area contributed by atoms with Crippen molar-refractivity contribution in [2.24, 2.45) is 39.9 Å². The molecule has 1 saturated heterocycles. The van der Waals surface area contributed by atoms with Crippen molar-refractivity contribution in [3.05, 3.63) is 47.6 Å². The van der Waals surface area contributed by atoms with Crippen LogP contribution in [0.4, 0.5) is 0 Å². The second-order valence-corrected chi connectivity index (χ2v) is 13.7. The highest BCUT2D eigenvalue weighted by atomic mass is 16.3. The van der Waals surface area contributed by atoms with E-state index in [1.54, 1.807) is 12.2 Å². The topological polar surface area (TPSA) is 77.8 Å². The van der Waals surface area contributed by atoms with Gasteiger partial charge in [-0.05, 0) is 100 Å². The third kappa shape index (κ3) is 3.60. The zero-order valence-corrected chi connectivity index (χ0v) is 23.4. The number of aliphatic hydroxyl groups is 2. The van der Waals surface area contributed by atoms with E-state index in [-0.39, 0.29) is 40.3 Å². The van der Waals surface area contributed by atoms with Gasteiger partial charge in [-0.2, -0.15) is 0 Å². The molecule has 6 rings (SSSR count). The van der Waals surface area contributed by atoms with E-state index in [9.17, 15) is 19.8 Å². The Balaban J connectivity index is 1.29. The van der Waals surface area contributed by atoms with Gasteiger partial charge in [0.05, 0.1) is 11.5 Å². The number of aliphatic hydroxyl groups excluding tert-OH is 2. The van der Waals surface area contributed by atoms with Crippen LogP contribution in [-0.4, -0.2) is 58.5 Å². The SMILES string of the molecule is CC1[C@@H]2CC3[C@@H]4CCC5=CC(=O)C=C[C@]5(C)C4C(O)C[C@]3(C)[C@]2(C(=O)CO)CN1CCCC1=CC=CCC1. The lowest BCUT2D eigenvalue weighted by Gasteiger charge is -2.60. The zero-order valence-electron chi connectivity index (χ0n) is 23.4. The number of carbonyl (C=O) groups excluding carboxylic acids is 2. The molecule has 0 radical (unpaired) electrons. The maximum absolute atomic E-state index is 13.9. The number of Topliss-reactive ketones (excluding diaryl/α,β-unsaturated/α-hetero) is 1. The van der Waals surface area contributed by atoms with Gasteiger partial charge in [-0.15, -0.1) is 0 Å². The maximum atomic E-state index is 13.9. The van der Waals surface area contributed by atoms with Crippen LogP contribution in [0.25, 0.3) is 0 Å². The van der Waals surface area contributed by atoms with Crippen molar-refractivity contribution in [2.45, 2.75) is 84.3 Å². The molecule has 3 saturated carbocycles. The fourth-order valence-electron chi connectivity index (χ4n) is 10.6. The molecule has 0 bridgehead atoms. The maximum Gasteiger partial charge on any atom is 0.178 e. The number of fused-ring (bicyclic) bond motifs is 7. The third-order valence-corrected chi connectivity index (χ3v) is 12.3. The highest BCUT2D eigenvalue weighted by Gasteiger charge is 2.74. The zero-order chi connectivity index (χ0) is 26.9. The molecule has 0 aromatic carbocycles. The van der Waals surface area contributed by atoms with Crippen LogP contribution in [0.5, 0.6) is 0 Å². The Morgan fingerprint density at radius 3 is 2.76 bits per heavy atom. The van der Waals surface area contributed by atoms with Gasteiger partial charge >= 0.3 is 0 Å². The molecule has 0 aromatic rings. The number of carbonyl (C=O) groups is 2. The average Bonchev–Trinajstić information content (AvgIpc) is 3.33. The van der Waals surface area contributed by atoms with Gasteiger partial charge in [0.15, 0.2) is 11.6 Å². The minimum atomic E-state index is -0.611. The van der Waals surface area contributed by atoms with E-state index in [2.05, 4.69) is 50.0 Å². The molecule has 5 heteroatoms.